The summed E-state index contributed by atoms with van der Waals surface area (Å²) in [6.07, 6.45) is 5.29. The molecule has 4 aromatic rings. The molecule has 35 heavy (non-hydrogen) atoms. The van der Waals surface area contributed by atoms with E-state index in [9.17, 15) is 4.79 Å². The predicted octanol–water partition coefficient (Wildman–Crippen LogP) is 5.29. The number of fused-ring (bicyclic) bond motifs is 1. The lowest BCUT2D eigenvalue weighted by atomic mass is 10.0. The highest BCUT2D eigenvalue weighted by atomic mass is 16.5. The van der Waals surface area contributed by atoms with Gasteiger partial charge in [-0.2, -0.15) is 0 Å². The van der Waals surface area contributed by atoms with Crippen LogP contribution in [0.1, 0.15) is 38.1 Å². The van der Waals surface area contributed by atoms with Crippen molar-refractivity contribution in [3.05, 3.63) is 90.5 Å². The van der Waals surface area contributed by atoms with Gasteiger partial charge in [-0.15, -0.1) is 0 Å². The van der Waals surface area contributed by atoms with Gasteiger partial charge in [-0.1, -0.05) is 18.2 Å². The maximum absolute atomic E-state index is 13.4. The van der Waals surface area contributed by atoms with Crippen molar-refractivity contribution < 1.29 is 14.3 Å². The van der Waals surface area contributed by atoms with E-state index in [1.165, 1.54) is 0 Å². The highest BCUT2D eigenvalue weighted by molar-refractivity contribution is 5.89. The molecule has 0 aliphatic carbocycles. The van der Waals surface area contributed by atoms with Crippen LogP contribution in [0.4, 0.5) is 5.69 Å². The van der Waals surface area contributed by atoms with Crippen molar-refractivity contribution in [3.63, 3.8) is 0 Å². The van der Waals surface area contributed by atoms with Gasteiger partial charge in [-0.05, 0) is 74.2 Å². The number of amides is 1. The third-order valence-electron chi connectivity index (χ3n) is 5.35. The van der Waals surface area contributed by atoms with E-state index in [0.29, 0.717) is 24.7 Å². The third-order valence-corrected chi connectivity index (χ3v) is 5.35. The van der Waals surface area contributed by atoms with Gasteiger partial charge in [0.15, 0.2) is 11.5 Å². The van der Waals surface area contributed by atoms with Crippen LogP contribution in [-0.2, 0) is 11.3 Å². The first-order chi connectivity index (χ1) is 17.0. The van der Waals surface area contributed by atoms with E-state index < -0.39 is 6.04 Å². The van der Waals surface area contributed by atoms with Gasteiger partial charge in [-0.3, -0.25) is 14.8 Å². The summed E-state index contributed by atoms with van der Waals surface area (Å²) in [7, 11) is 0. The summed E-state index contributed by atoms with van der Waals surface area (Å²) < 4.78 is 11.7. The molecular weight excluding hydrogens is 440 g/mol. The Morgan fingerprint density at radius 2 is 1.86 bits per heavy atom. The summed E-state index contributed by atoms with van der Waals surface area (Å²) in [6.45, 7) is 6.67. The Kier molecular flexibility index (Phi) is 7.77. The molecule has 0 aliphatic heterocycles. The number of carbonyl (C=O) groups is 1. The normalized spacial score (nSPS) is 11.8. The highest BCUT2D eigenvalue weighted by Gasteiger charge is 2.23. The molecule has 0 radical (unpaired) electrons. The van der Waals surface area contributed by atoms with Crippen LogP contribution < -0.4 is 20.1 Å². The molecule has 0 aliphatic rings. The minimum absolute atomic E-state index is 0.00254. The van der Waals surface area contributed by atoms with Crippen LogP contribution in [0.5, 0.6) is 11.5 Å². The van der Waals surface area contributed by atoms with E-state index in [0.717, 1.165) is 27.7 Å². The van der Waals surface area contributed by atoms with Gasteiger partial charge in [-0.25, -0.2) is 0 Å². The van der Waals surface area contributed by atoms with E-state index >= 15 is 0 Å². The lowest BCUT2D eigenvalue weighted by Crippen LogP contribution is -2.33. The number of benzene rings is 2. The Morgan fingerprint density at radius 3 is 2.63 bits per heavy atom. The minimum atomic E-state index is -0.662. The molecule has 1 amide bonds. The molecule has 1 unspecified atom stereocenters. The Balaban J connectivity index is 1.65. The number of anilines is 1. The van der Waals surface area contributed by atoms with Crippen molar-refractivity contribution in [1.82, 2.24) is 15.3 Å². The molecule has 0 bridgehead atoms. The fourth-order valence-electron chi connectivity index (χ4n) is 3.75. The van der Waals surface area contributed by atoms with Crippen molar-refractivity contribution in [3.8, 4) is 11.5 Å². The first-order valence-electron chi connectivity index (χ1n) is 11.7. The topological polar surface area (TPSA) is 85.4 Å². The van der Waals surface area contributed by atoms with E-state index in [-0.39, 0.29) is 12.0 Å². The van der Waals surface area contributed by atoms with Crippen molar-refractivity contribution in [2.75, 3.05) is 11.9 Å². The predicted molar refractivity (Wildman–Crippen MR) is 138 cm³/mol. The number of ether oxygens (including phenoxy) is 2. The fourth-order valence-corrected chi connectivity index (χ4v) is 3.75. The molecule has 4 rings (SSSR count). The average Bonchev–Trinajstić information content (AvgIpc) is 2.87. The molecule has 1 atom stereocenters. The Bertz CT molecular complexity index is 1280. The van der Waals surface area contributed by atoms with Crippen LogP contribution in [0.2, 0.25) is 0 Å². The Labute approximate surface area is 205 Å². The van der Waals surface area contributed by atoms with Crippen molar-refractivity contribution in [1.29, 1.82) is 0 Å². The number of pyridine rings is 2. The number of hydrogen-bond acceptors (Lipinski definition) is 6. The minimum Gasteiger partial charge on any atom is -0.490 e. The highest BCUT2D eigenvalue weighted by Crippen LogP contribution is 2.33. The molecule has 2 aromatic carbocycles. The van der Waals surface area contributed by atoms with Crippen LogP contribution >= 0.6 is 0 Å². The molecule has 0 saturated carbocycles. The molecule has 0 spiro atoms. The zero-order valence-electron chi connectivity index (χ0n) is 20.2. The quantitative estimate of drug-likeness (QED) is 0.328. The van der Waals surface area contributed by atoms with Gasteiger partial charge in [0.1, 0.15) is 6.04 Å². The van der Waals surface area contributed by atoms with Gasteiger partial charge in [0.05, 0.1) is 24.9 Å². The van der Waals surface area contributed by atoms with Crippen LogP contribution in [0.25, 0.3) is 10.8 Å². The van der Waals surface area contributed by atoms with E-state index in [1.807, 2.05) is 87.6 Å². The van der Waals surface area contributed by atoms with Crippen molar-refractivity contribution in [2.24, 2.45) is 0 Å². The smallest absolute Gasteiger partial charge is 0.247 e. The second-order valence-corrected chi connectivity index (χ2v) is 8.36. The zero-order valence-corrected chi connectivity index (χ0v) is 20.2. The number of aromatic nitrogens is 2. The summed E-state index contributed by atoms with van der Waals surface area (Å²) in [4.78, 5) is 21.9. The Hall–Kier alpha value is -4.13. The average molecular weight is 471 g/mol. The number of hydrogen-bond donors (Lipinski definition) is 2. The van der Waals surface area contributed by atoms with Crippen LogP contribution in [-0.4, -0.2) is 28.6 Å². The maximum Gasteiger partial charge on any atom is 0.247 e. The number of nitrogens with one attached hydrogen (secondary N) is 2. The standard InChI is InChI=1S/C28H30N4O3/c1-4-34-26-16-21(9-11-25(26)35-19(2)3)27(28(33)31-18-24-7-5-6-13-30-24)32-23-10-8-22-17-29-14-12-20(22)15-23/h5-17,19,27,32H,4,18H2,1-3H3,(H,31,33). The zero-order chi connectivity index (χ0) is 24.6. The summed E-state index contributed by atoms with van der Waals surface area (Å²) >= 11 is 0. The third kappa shape index (κ3) is 6.26. The summed E-state index contributed by atoms with van der Waals surface area (Å²) in [5.41, 5.74) is 2.37. The molecule has 2 heterocycles. The molecule has 2 aromatic heterocycles. The van der Waals surface area contributed by atoms with Crippen LogP contribution in [0.3, 0.4) is 0 Å². The van der Waals surface area contributed by atoms with E-state index in [4.69, 9.17) is 9.47 Å². The molecule has 7 heteroatoms. The lowest BCUT2D eigenvalue weighted by molar-refractivity contribution is -0.122. The molecule has 0 fully saturated rings. The molecule has 7 nitrogen and oxygen atoms in total. The molecule has 180 valence electrons. The van der Waals surface area contributed by atoms with Crippen LogP contribution in [0, 0.1) is 0 Å². The van der Waals surface area contributed by atoms with Gasteiger partial charge >= 0.3 is 0 Å². The first-order valence-corrected chi connectivity index (χ1v) is 11.7. The number of nitrogens with zero attached hydrogens (tertiary/aromatic N) is 2. The van der Waals surface area contributed by atoms with Crippen molar-refractivity contribution >= 4 is 22.4 Å². The number of rotatable bonds is 10. The Morgan fingerprint density at radius 1 is 0.971 bits per heavy atom. The summed E-state index contributed by atoms with van der Waals surface area (Å²) in [5.74, 6) is 1.08. The van der Waals surface area contributed by atoms with E-state index in [2.05, 4.69) is 20.6 Å². The summed E-state index contributed by atoms with van der Waals surface area (Å²) in [6, 6.07) is 18.5. The van der Waals surface area contributed by atoms with Gasteiger partial charge in [0.2, 0.25) is 5.91 Å². The van der Waals surface area contributed by atoms with Gasteiger partial charge < -0.3 is 20.1 Å². The fraction of sp³-hybridized carbons (Fsp3) is 0.250. The molecule has 0 saturated heterocycles. The second-order valence-electron chi connectivity index (χ2n) is 8.36. The van der Waals surface area contributed by atoms with Crippen LogP contribution in [0.15, 0.2) is 79.3 Å². The SMILES string of the molecule is CCOc1cc(C(Nc2ccc3cnccc3c2)C(=O)NCc2ccccn2)ccc1OC(C)C. The largest absolute Gasteiger partial charge is 0.490 e. The lowest BCUT2D eigenvalue weighted by Gasteiger charge is -2.22. The first kappa shape index (κ1) is 24.0. The van der Waals surface area contributed by atoms with E-state index in [1.54, 1.807) is 12.4 Å². The maximum atomic E-state index is 13.4. The second kappa shape index (κ2) is 11.3. The summed E-state index contributed by atoms with van der Waals surface area (Å²) in [5, 5.41) is 8.48. The monoisotopic (exact) mass is 470 g/mol. The van der Waals surface area contributed by atoms with Gasteiger partial charge in [0.25, 0.3) is 0 Å². The van der Waals surface area contributed by atoms with Gasteiger partial charge in [0, 0.05) is 29.7 Å². The molecule has 2 N–H and O–H groups in total. The van der Waals surface area contributed by atoms with Crippen molar-refractivity contribution in [2.45, 2.75) is 39.5 Å². The molecular formula is C28H30N4O3. The number of carbonyl (C=O) groups excluding carboxylic acids is 1.